The van der Waals surface area contributed by atoms with E-state index < -0.39 is 0 Å². The minimum atomic E-state index is 0.516. The smallest absolute Gasteiger partial charge is 0.00442 e. The van der Waals surface area contributed by atoms with Crippen molar-refractivity contribution >= 4 is 0 Å². The molecule has 5 fully saturated rings. The highest BCUT2D eigenvalue weighted by Gasteiger charge is 2.50. The van der Waals surface area contributed by atoms with Gasteiger partial charge in [-0.05, 0) is 86.9 Å². The minimum Gasteiger partial charge on any atom is -0.328 e. The zero-order valence-electron chi connectivity index (χ0n) is 11.7. The molecule has 1 nitrogen and oxygen atoms in total. The van der Waals surface area contributed by atoms with Crippen LogP contribution in [0.15, 0.2) is 0 Å². The van der Waals surface area contributed by atoms with Crippen LogP contribution in [0.4, 0.5) is 0 Å². The van der Waals surface area contributed by atoms with Gasteiger partial charge in [0.1, 0.15) is 0 Å². The molecule has 1 heteroatoms. The summed E-state index contributed by atoms with van der Waals surface area (Å²) in [7, 11) is 0. The van der Waals surface area contributed by atoms with Gasteiger partial charge in [-0.2, -0.15) is 0 Å². The number of nitrogens with two attached hydrogens (primary N) is 1. The van der Waals surface area contributed by atoms with E-state index in [-0.39, 0.29) is 0 Å². The fourth-order valence-electron chi connectivity index (χ4n) is 6.05. The number of rotatable bonds is 5. The first-order chi connectivity index (χ1) is 8.71. The molecule has 4 bridgehead atoms. The molecule has 0 aromatic rings. The SMILES string of the molecule is NC(CCC1CC1)CC12CC3CC(CC(C3)C1)C2. The highest BCUT2D eigenvalue weighted by Crippen LogP contribution is 2.61. The molecule has 1 atom stereocenters. The minimum absolute atomic E-state index is 0.516. The van der Waals surface area contributed by atoms with E-state index in [9.17, 15) is 0 Å². The Balaban J connectivity index is 1.37. The molecule has 0 aromatic heterocycles. The Labute approximate surface area is 112 Å². The van der Waals surface area contributed by atoms with Gasteiger partial charge in [0.05, 0.1) is 0 Å². The normalized spacial score (nSPS) is 47.5. The Hall–Kier alpha value is -0.0400. The molecule has 1 unspecified atom stereocenters. The van der Waals surface area contributed by atoms with E-state index in [0.717, 1.165) is 23.7 Å². The predicted octanol–water partition coefficient (Wildman–Crippen LogP) is 4.11. The Bertz CT molecular complexity index is 282. The van der Waals surface area contributed by atoms with Crippen LogP contribution in [0.1, 0.15) is 70.6 Å². The fourth-order valence-corrected chi connectivity index (χ4v) is 6.05. The summed E-state index contributed by atoms with van der Waals surface area (Å²) in [5.74, 6) is 4.33. The molecular formula is C17H29N. The summed E-state index contributed by atoms with van der Waals surface area (Å²) in [5, 5.41) is 0. The standard InChI is InChI=1S/C17H29N/c18-16(4-3-12-1-2-12)11-17-8-13-5-14(9-17)7-15(6-13)10-17/h12-16H,1-11,18H2. The Morgan fingerprint density at radius 3 is 2.00 bits per heavy atom. The maximum atomic E-state index is 6.47. The molecule has 0 aliphatic heterocycles. The average Bonchev–Trinajstić information content (AvgIpc) is 3.07. The van der Waals surface area contributed by atoms with Crippen LogP contribution < -0.4 is 5.73 Å². The van der Waals surface area contributed by atoms with Gasteiger partial charge in [0.25, 0.3) is 0 Å². The fraction of sp³-hybridized carbons (Fsp3) is 1.00. The second-order valence-corrected chi connectivity index (χ2v) is 8.40. The van der Waals surface area contributed by atoms with Gasteiger partial charge in [-0.15, -0.1) is 0 Å². The van der Waals surface area contributed by atoms with Crippen LogP contribution in [-0.4, -0.2) is 6.04 Å². The van der Waals surface area contributed by atoms with Crippen LogP contribution in [0, 0.1) is 29.1 Å². The van der Waals surface area contributed by atoms with Crippen molar-refractivity contribution in [1.82, 2.24) is 0 Å². The van der Waals surface area contributed by atoms with Gasteiger partial charge in [-0.3, -0.25) is 0 Å². The molecule has 0 radical (unpaired) electrons. The van der Waals surface area contributed by atoms with Gasteiger partial charge in [0.15, 0.2) is 0 Å². The average molecular weight is 247 g/mol. The summed E-state index contributed by atoms with van der Waals surface area (Å²) in [6.07, 6.45) is 16.4. The van der Waals surface area contributed by atoms with Crippen LogP contribution in [0.25, 0.3) is 0 Å². The van der Waals surface area contributed by atoms with Crippen molar-refractivity contribution in [3.8, 4) is 0 Å². The molecule has 2 N–H and O–H groups in total. The van der Waals surface area contributed by atoms with Crippen molar-refractivity contribution in [3.63, 3.8) is 0 Å². The maximum Gasteiger partial charge on any atom is 0.00442 e. The van der Waals surface area contributed by atoms with Gasteiger partial charge >= 0.3 is 0 Å². The van der Waals surface area contributed by atoms with E-state index in [2.05, 4.69) is 0 Å². The summed E-state index contributed by atoms with van der Waals surface area (Å²) in [5.41, 5.74) is 7.18. The van der Waals surface area contributed by atoms with Crippen LogP contribution in [0.3, 0.4) is 0 Å². The second-order valence-electron chi connectivity index (χ2n) is 8.40. The van der Waals surface area contributed by atoms with Crippen molar-refractivity contribution in [2.45, 2.75) is 76.7 Å². The largest absolute Gasteiger partial charge is 0.328 e. The first kappa shape index (κ1) is 11.8. The van der Waals surface area contributed by atoms with Crippen molar-refractivity contribution in [1.29, 1.82) is 0 Å². The molecule has 5 saturated carbocycles. The molecule has 0 aromatic carbocycles. The van der Waals surface area contributed by atoms with Crippen molar-refractivity contribution < 1.29 is 0 Å². The molecule has 5 aliphatic rings. The molecule has 0 amide bonds. The second kappa shape index (κ2) is 4.23. The van der Waals surface area contributed by atoms with Crippen LogP contribution in [0.5, 0.6) is 0 Å². The van der Waals surface area contributed by atoms with Gasteiger partial charge < -0.3 is 5.73 Å². The Morgan fingerprint density at radius 2 is 1.50 bits per heavy atom. The molecule has 0 saturated heterocycles. The highest BCUT2D eigenvalue weighted by atomic mass is 14.7. The van der Waals surface area contributed by atoms with Gasteiger partial charge in [0, 0.05) is 6.04 Å². The van der Waals surface area contributed by atoms with E-state index in [1.807, 2.05) is 0 Å². The monoisotopic (exact) mass is 247 g/mol. The predicted molar refractivity (Wildman–Crippen MR) is 75.2 cm³/mol. The number of hydrogen-bond donors (Lipinski definition) is 1. The molecule has 5 aliphatic carbocycles. The molecule has 102 valence electrons. The van der Waals surface area contributed by atoms with Crippen LogP contribution >= 0.6 is 0 Å². The summed E-state index contributed by atoms with van der Waals surface area (Å²) < 4.78 is 0. The van der Waals surface area contributed by atoms with Crippen molar-refractivity contribution in [3.05, 3.63) is 0 Å². The van der Waals surface area contributed by atoms with Crippen LogP contribution in [0.2, 0.25) is 0 Å². The highest BCUT2D eigenvalue weighted by molar-refractivity contribution is 5.02. The molecule has 0 heterocycles. The van der Waals surface area contributed by atoms with Crippen molar-refractivity contribution in [2.75, 3.05) is 0 Å². The molecular weight excluding hydrogens is 218 g/mol. The zero-order chi connectivity index (χ0) is 12.2. The number of hydrogen-bond acceptors (Lipinski definition) is 1. The van der Waals surface area contributed by atoms with Crippen LogP contribution in [-0.2, 0) is 0 Å². The van der Waals surface area contributed by atoms with E-state index >= 15 is 0 Å². The van der Waals surface area contributed by atoms with Gasteiger partial charge in [-0.25, -0.2) is 0 Å². The van der Waals surface area contributed by atoms with Crippen molar-refractivity contribution in [2.24, 2.45) is 34.8 Å². The molecule has 18 heavy (non-hydrogen) atoms. The molecule has 0 spiro atoms. The van der Waals surface area contributed by atoms with Gasteiger partial charge in [-0.1, -0.05) is 12.8 Å². The quantitative estimate of drug-likeness (QED) is 0.777. The van der Waals surface area contributed by atoms with E-state index in [0.29, 0.717) is 11.5 Å². The van der Waals surface area contributed by atoms with E-state index in [1.54, 1.807) is 19.3 Å². The first-order valence-electron chi connectivity index (χ1n) is 8.46. The lowest BCUT2D eigenvalue weighted by Gasteiger charge is -2.57. The molecule has 5 rings (SSSR count). The summed E-state index contributed by atoms with van der Waals surface area (Å²) >= 11 is 0. The lowest BCUT2D eigenvalue weighted by atomic mass is 9.48. The van der Waals surface area contributed by atoms with E-state index in [1.165, 1.54) is 51.4 Å². The van der Waals surface area contributed by atoms with E-state index in [4.69, 9.17) is 5.73 Å². The summed E-state index contributed by atoms with van der Waals surface area (Å²) in [4.78, 5) is 0. The summed E-state index contributed by atoms with van der Waals surface area (Å²) in [6.45, 7) is 0. The van der Waals surface area contributed by atoms with Gasteiger partial charge in [0.2, 0.25) is 0 Å². The third-order valence-corrected chi connectivity index (χ3v) is 6.50. The lowest BCUT2D eigenvalue weighted by Crippen LogP contribution is -2.48. The topological polar surface area (TPSA) is 26.0 Å². The third-order valence-electron chi connectivity index (χ3n) is 6.50. The Morgan fingerprint density at radius 1 is 0.944 bits per heavy atom. The third kappa shape index (κ3) is 2.24. The first-order valence-corrected chi connectivity index (χ1v) is 8.46. The summed E-state index contributed by atoms with van der Waals surface area (Å²) in [6, 6.07) is 0.516. The zero-order valence-corrected chi connectivity index (χ0v) is 11.7. The maximum absolute atomic E-state index is 6.47. The lowest BCUT2D eigenvalue weighted by molar-refractivity contribution is -0.0607. The Kier molecular flexibility index (Phi) is 2.76.